The van der Waals surface area contributed by atoms with Crippen molar-refractivity contribution in [2.75, 3.05) is 12.0 Å². The molecule has 3 rings (SSSR count). The number of methoxy groups -OCH3 is 1. The smallest absolute Gasteiger partial charge is 0.337 e. The number of esters is 1. The summed E-state index contributed by atoms with van der Waals surface area (Å²) in [6, 6.07) is 13.1. The minimum atomic E-state index is -0.437. The molecule has 0 aliphatic carbocycles. The minimum Gasteiger partial charge on any atom is -0.465 e. The van der Waals surface area contributed by atoms with E-state index in [9.17, 15) is 14.4 Å². The summed E-state index contributed by atoms with van der Waals surface area (Å²) in [6.45, 7) is 0. The molecule has 2 amide bonds. The number of hydrogen-bond acceptors (Lipinski definition) is 5. The second kappa shape index (κ2) is 7.13. The summed E-state index contributed by atoms with van der Waals surface area (Å²) < 4.78 is 4.64. The zero-order valence-corrected chi connectivity index (χ0v) is 14.6. The third-order valence-corrected chi connectivity index (χ3v) is 4.59. The summed E-state index contributed by atoms with van der Waals surface area (Å²) in [7, 11) is 1.31. The number of imide groups is 1. The maximum atomic E-state index is 12.6. The van der Waals surface area contributed by atoms with E-state index in [4.69, 9.17) is 11.6 Å². The van der Waals surface area contributed by atoms with Crippen molar-refractivity contribution in [3.05, 3.63) is 69.6 Å². The van der Waals surface area contributed by atoms with Gasteiger partial charge in [-0.3, -0.25) is 9.59 Å². The Morgan fingerprint density at radius 1 is 1.16 bits per heavy atom. The van der Waals surface area contributed by atoms with Gasteiger partial charge in [0.1, 0.15) is 0 Å². The Morgan fingerprint density at radius 3 is 2.52 bits per heavy atom. The van der Waals surface area contributed by atoms with Crippen LogP contribution in [0.25, 0.3) is 6.08 Å². The molecular weight excluding hydrogens is 362 g/mol. The monoisotopic (exact) mass is 373 g/mol. The summed E-state index contributed by atoms with van der Waals surface area (Å²) in [5.74, 6) is -0.845. The molecule has 2 aromatic carbocycles. The minimum absolute atomic E-state index is 0.302. The normalized spacial score (nSPS) is 15.8. The number of benzene rings is 2. The number of carbonyl (C=O) groups is 3. The van der Waals surface area contributed by atoms with Gasteiger partial charge in [-0.05, 0) is 53.7 Å². The van der Waals surface area contributed by atoms with E-state index >= 15 is 0 Å². The molecule has 0 atom stereocenters. The Labute approximate surface area is 153 Å². The molecule has 7 heteroatoms. The van der Waals surface area contributed by atoms with Crippen LogP contribution < -0.4 is 4.90 Å². The number of ether oxygens (including phenoxy) is 1. The lowest BCUT2D eigenvalue weighted by molar-refractivity contribution is -0.113. The fourth-order valence-electron chi connectivity index (χ4n) is 2.29. The van der Waals surface area contributed by atoms with Crippen LogP contribution in [0.2, 0.25) is 5.02 Å². The standard InChI is InChI=1S/C18H12ClNO4S/c1-24-17(22)12-7-5-11(6-8-12)9-15-16(21)20(18(23)25-15)14-4-2-3-13(19)10-14/h2-10H,1H3/b15-9-. The van der Waals surface area contributed by atoms with Crippen molar-refractivity contribution in [2.45, 2.75) is 0 Å². The first-order valence-corrected chi connectivity index (χ1v) is 8.41. The lowest BCUT2D eigenvalue weighted by atomic mass is 10.1. The number of hydrogen-bond donors (Lipinski definition) is 0. The van der Waals surface area contributed by atoms with E-state index in [-0.39, 0.29) is 5.24 Å². The fraction of sp³-hybridized carbons (Fsp3) is 0.0556. The number of anilines is 1. The third kappa shape index (κ3) is 3.60. The van der Waals surface area contributed by atoms with Gasteiger partial charge in [-0.15, -0.1) is 0 Å². The Balaban J connectivity index is 1.86. The van der Waals surface area contributed by atoms with Gasteiger partial charge in [0.25, 0.3) is 11.1 Å². The lowest BCUT2D eigenvalue weighted by Crippen LogP contribution is -2.27. The predicted octanol–water partition coefficient (Wildman–Crippen LogP) is 4.37. The first kappa shape index (κ1) is 17.3. The van der Waals surface area contributed by atoms with Crippen molar-refractivity contribution < 1.29 is 19.1 Å². The van der Waals surface area contributed by atoms with Crippen LogP contribution >= 0.6 is 23.4 Å². The van der Waals surface area contributed by atoms with Crippen molar-refractivity contribution in [1.29, 1.82) is 0 Å². The van der Waals surface area contributed by atoms with Crippen molar-refractivity contribution >= 4 is 52.2 Å². The van der Waals surface area contributed by atoms with Gasteiger partial charge in [0, 0.05) is 5.02 Å². The number of amides is 2. The van der Waals surface area contributed by atoms with Crippen molar-refractivity contribution in [3.63, 3.8) is 0 Å². The molecule has 0 N–H and O–H groups in total. The van der Waals surface area contributed by atoms with E-state index in [1.54, 1.807) is 54.6 Å². The number of thioether (sulfide) groups is 1. The number of rotatable bonds is 3. The van der Waals surface area contributed by atoms with Crippen LogP contribution in [0.3, 0.4) is 0 Å². The third-order valence-electron chi connectivity index (χ3n) is 3.49. The largest absolute Gasteiger partial charge is 0.465 e. The van der Waals surface area contributed by atoms with Crippen molar-refractivity contribution in [3.8, 4) is 0 Å². The molecule has 1 aliphatic rings. The number of halogens is 1. The first-order chi connectivity index (χ1) is 12.0. The highest BCUT2D eigenvalue weighted by molar-refractivity contribution is 8.19. The highest BCUT2D eigenvalue weighted by Gasteiger charge is 2.36. The van der Waals surface area contributed by atoms with E-state index in [0.717, 1.165) is 16.7 Å². The zero-order chi connectivity index (χ0) is 18.0. The van der Waals surface area contributed by atoms with Crippen LogP contribution in [0.1, 0.15) is 15.9 Å². The van der Waals surface area contributed by atoms with Gasteiger partial charge in [-0.25, -0.2) is 9.69 Å². The molecule has 2 aromatic rings. The average Bonchev–Trinajstić information content (AvgIpc) is 2.88. The predicted molar refractivity (Wildman–Crippen MR) is 97.7 cm³/mol. The molecule has 5 nitrogen and oxygen atoms in total. The molecule has 126 valence electrons. The van der Waals surface area contributed by atoms with Gasteiger partial charge in [-0.2, -0.15) is 0 Å². The molecule has 1 saturated heterocycles. The first-order valence-electron chi connectivity index (χ1n) is 7.21. The van der Waals surface area contributed by atoms with Gasteiger partial charge in [0.15, 0.2) is 0 Å². The molecule has 0 unspecified atom stereocenters. The maximum absolute atomic E-state index is 12.6. The number of carbonyl (C=O) groups excluding carboxylic acids is 3. The molecular formula is C18H12ClNO4S. The highest BCUT2D eigenvalue weighted by Crippen LogP contribution is 2.36. The van der Waals surface area contributed by atoms with E-state index < -0.39 is 11.9 Å². The molecule has 0 spiro atoms. The molecule has 1 aliphatic heterocycles. The van der Waals surface area contributed by atoms with Crippen molar-refractivity contribution in [2.24, 2.45) is 0 Å². The van der Waals surface area contributed by atoms with Gasteiger partial charge >= 0.3 is 5.97 Å². The quantitative estimate of drug-likeness (QED) is 0.590. The van der Waals surface area contributed by atoms with Crippen LogP contribution in [0, 0.1) is 0 Å². The van der Waals surface area contributed by atoms with Gasteiger partial charge in [0.2, 0.25) is 0 Å². The summed E-state index contributed by atoms with van der Waals surface area (Å²) in [5, 5.41) is 0.0589. The summed E-state index contributed by atoms with van der Waals surface area (Å²) in [5.41, 5.74) is 1.54. The Bertz CT molecular complexity index is 892. The second-order valence-corrected chi connectivity index (χ2v) is 6.54. The summed E-state index contributed by atoms with van der Waals surface area (Å²) in [4.78, 5) is 37.6. The number of nitrogens with zero attached hydrogens (tertiary/aromatic N) is 1. The molecule has 0 saturated carbocycles. The molecule has 0 bridgehead atoms. The maximum Gasteiger partial charge on any atom is 0.337 e. The fourth-order valence-corrected chi connectivity index (χ4v) is 3.32. The molecule has 0 aromatic heterocycles. The second-order valence-electron chi connectivity index (χ2n) is 5.11. The zero-order valence-electron chi connectivity index (χ0n) is 13.1. The average molecular weight is 374 g/mol. The van der Waals surface area contributed by atoms with Crippen LogP contribution in [0.5, 0.6) is 0 Å². The molecule has 1 fully saturated rings. The summed E-state index contributed by atoms with van der Waals surface area (Å²) >= 11 is 6.78. The van der Waals surface area contributed by atoms with Crippen LogP contribution in [-0.2, 0) is 9.53 Å². The van der Waals surface area contributed by atoms with Crippen LogP contribution in [0.15, 0.2) is 53.4 Å². The molecule has 0 radical (unpaired) electrons. The van der Waals surface area contributed by atoms with Crippen LogP contribution in [0.4, 0.5) is 10.5 Å². The Hall–Kier alpha value is -2.57. The van der Waals surface area contributed by atoms with E-state index in [2.05, 4.69) is 4.74 Å². The van der Waals surface area contributed by atoms with Crippen molar-refractivity contribution in [1.82, 2.24) is 0 Å². The highest BCUT2D eigenvalue weighted by atomic mass is 35.5. The molecule has 1 heterocycles. The topological polar surface area (TPSA) is 63.7 Å². The SMILES string of the molecule is COC(=O)c1ccc(/C=C2\SC(=O)N(c3cccc(Cl)c3)C2=O)cc1. The van der Waals surface area contributed by atoms with E-state index in [1.807, 2.05) is 0 Å². The van der Waals surface area contributed by atoms with E-state index in [1.165, 1.54) is 7.11 Å². The van der Waals surface area contributed by atoms with Crippen LogP contribution in [-0.4, -0.2) is 24.2 Å². The summed E-state index contributed by atoms with van der Waals surface area (Å²) in [6.07, 6.45) is 1.61. The lowest BCUT2D eigenvalue weighted by Gasteiger charge is -2.12. The van der Waals surface area contributed by atoms with Gasteiger partial charge < -0.3 is 4.74 Å². The van der Waals surface area contributed by atoms with Gasteiger partial charge in [0.05, 0.1) is 23.3 Å². The Morgan fingerprint density at radius 2 is 1.88 bits per heavy atom. The van der Waals surface area contributed by atoms with E-state index in [0.29, 0.717) is 26.7 Å². The molecule has 25 heavy (non-hydrogen) atoms. The Kier molecular flexibility index (Phi) is 4.92. The van der Waals surface area contributed by atoms with Gasteiger partial charge in [-0.1, -0.05) is 29.8 Å².